The van der Waals surface area contributed by atoms with Crippen LogP contribution in [0.3, 0.4) is 0 Å². The van der Waals surface area contributed by atoms with Crippen molar-refractivity contribution in [1.29, 1.82) is 0 Å². The minimum absolute atomic E-state index is 0.0202. The number of amides is 1. The van der Waals surface area contributed by atoms with Gasteiger partial charge in [0.05, 0.1) is 13.2 Å². The standard InChI is InChI=1S/C17H27NO3/c1-4-16(5-2)18(11-12-19)17(20)14(3)21-13-15-9-7-6-8-10-15/h6-10,14,16,19H,4-5,11-13H2,1-3H3. The number of carbonyl (C=O) groups excluding carboxylic acids is 1. The second-order valence-corrected chi connectivity index (χ2v) is 5.16. The van der Waals surface area contributed by atoms with Crippen LogP contribution in [0, 0.1) is 0 Å². The van der Waals surface area contributed by atoms with E-state index in [0.29, 0.717) is 13.2 Å². The van der Waals surface area contributed by atoms with E-state index in [-0.39, 0.29) is 18.6 Å². The second kappa shape index (κ2) is 9.53. The van der Waals surface area contributed by atoms with Gasteiger partial charge in [0.2, 0.25) is 0 Å². The van der Waals surface area contributed by atoms with Crippen LogP contribution >= 0.6 is 0 Å². The zero-order chi connectivity index (χ0) is 15.7. The average molecular weight is 293 g/mol. The van der Waals surface area contributed by atoms with E-state index in [1.54, 1.807) is 11.8 Å². The van der Waals surface area contributed by atoms with Crippen LogP contribution in [0.4, 0.5) is 0 Å². The summed E-state index contributed by atoms with van der Waals surface area (Å²) in [5.74, 6) is -0.0475. The average Bonchev–Trinajstić information content (AvgIpc) is 2.53. The molecule has 4 nitrogen and oxygen atoms in total. The Morgan fingerprint density at radius 2 is 1.86 bits per heavy atom. The molecule has 0 spiro atoms. The Bertz CT molecular complexity index is 404. The number of ether oxygens (including phenoxy) is 1. The smallest absolute Gasteiger partial charge is 0.251 e. The molecule has 0 heterocycles. The quantitative estimate of drug-likeness (QED) is 0.761. The zero-order valence-electron chi connectivity index (χ0n) is 13.3. The van der Waals surface area contributed by atoms with Gasteiger partial charge in [-0.15, -0.1) is 0 Å². The van der Waals surface area contributed by atoms with Gasteiger partial charge in [0.25, 0.3) is 5.91 Å². The van der Waals surface area contributed by atoms with E-state index >= 15 is 0 Å². The predicted octanol–water partition coefficient (Wildman–Crippen LogP) is 2.60. The molecule has 1 rings (SSSR count). The molecule has 0 bridgehead atoms. The van der Waals surface area contributed by atoms with Crippen molar-refractivity contribution in [3.05, 3.63) is 35.9 Å². The van der Waals surface area contributed by atoms with Crippen molar-refractivity contribution in [2.45, 2.75) is 52.4 Å². The van der Waals surface area contributed by atoms with Gasteiger partial charge in [0.1, 0.15) is 6.10 Å². The molecule has 1 unspecified atom stereocenters. The summed E-state index contributed by atoms with van der Waals surface area (Å²) >= 11 is 0. The summed E-state index contributed by atoms with van der Waals surface area (Å²) in [6.07, 6.45) is 1.26. The summed E-state index contributed by atoms with van der Waals surface area (Å²) in [6, 6.07) is 9.97. The first kappa shape index (κ1) is 17.7. The molecular weight excluding hydrogens is 266 g/mol. The fourth-order valence-electron chi connectivity index (χ4n) is 2.41. The normalized spacial score (nSPS) is 12.4. The lowest BCUT2D eigenvalue weighted by Crippen LogP contribution is -2.46. The summed E-state index contributed by atoms with van der Waals surface area (Å²) < 4.78 is 5.68. The SMILES string of the molecule is CCC(CC)N(CCO)C(=O)C(C)OCc1ccccc1. The molecule has 0 aliphatic carbocycles. The Hall–Kier alpha value is -1.39. The largest absolute Gasteiger partial charge is 0.395 e. The van der Waals surface area contributed by atoms with Crippen LogP contribution in [0.5, 0.6) is 0 Å². The van der Waals surface area contributed by atoms with Crippen LogP contribution in [0.15, 0.2) is 30.3 Å². The van der Waals surface area contributed by atoms with Crippen molar-refractivity contribution in [2.75, 3.05) is 13.2 Å². The minimum Gasteiger partial charge on any atom is -0.395 e. The van der Waals surface area contributed by atoms with Gasteiger partial charge in [-0.3, -0.25) is 4.79 Å². The van der Waals surface area contributed by atoms with E-state index in [4.69, 9.17) is 4.74 Å². The molecule has 0 radical (unpaired) electrons. The van der Waals surface area contributed by atoms with Crippen LogP contribution in [-0.2, 0) is 16.1 Å². The molecule has 118 valence electrons. The van der Waals surface area contributed by atoms with Gasteiger partial charge in [0, 0.05) is 12.6 Å². The molecule has 0 fully saturated rings. The molecular formula is C17H27NO3. The molecule has 21 heavy (non-hydrogen) atoms. The zero-order valence-corrected chi connectivity index (χ0v) is 13.3. The summed E-state index contributed by atoms with van der Waals surface area (Å²) in [4.78, 5) is 14.2. The molecule has 1 aromatic rings. The van der Waals surface area contributed by atoms with E-state index in [0.717, 1.165) is 18.4 Å². The Morgan fingerprint density at radius 1 is 1.24 bits per heavy atom. The number of rotatable bonds is 9. The van der Waals surface area contributed by atoms with Gasteiger partial charge in [-0.2, -0.15) is 0 Å². The lowest BCUT2D eigenvalue weighted by atomic mass is 10.1. The molecule has 1 amide bonds. The van der Waals surface area contributed by atoms with Crippen molar-refractivity contribution in [3.8, 4) is 0 Å². The highest BCUT2D eigenvalue weighted by atomic mass is 16.5. The first-order valence-corrected chi connectivity index (χ1v) is 7.70. The van der Waals surface area contributed by atoms with Crippen LogP contribution in [0.2, 0.25) is 0 Å². The van der Waals surface area contributed by atoms with Gasteiger partial charge in [0.15, 0.2) is 0 Å². The summed E-state index contributed by atoms with van der Waals surface area (Å²) in [6.45, 7) is 6.65. The number of aliphatic hydroxyl groups excluding tert-OH is 1. The molecule has 0 saturated heterocycles. The van der Waals surface area contributed by atoms with E-state index in [9.17, 15) is 9.90 Å². The van der Waals surface area contributed by atoms with E-state index in [1.165, 1.54) is 0 Å². The highest BCUT2D eigenvalue weighted by Crippen LogP contribution is 2.12. The second-order valence-electron chi connectivity index (χ2n) is 5.16. The number of benzene rings is 1. The molecule has 1 aromatic carbocycles. The van der Waals surface area contributed by atoms with Crippen LogP contribution in [0.1, 0.15) is 39.2 Å². The van der Waals surface area contributed by atoms with Gasteiger partial charge >= 0.3 is 0 Å². The molecule has 0 aromatic heterocycles. The lowest BCUT2D eigenvalue weighted by Gasteiger charge is -2.32. The maximum atomic E-state index is 12.5. The maximum Gasteiger partial charge on any atom is 0.251 e. The van der Waals surface area contributed by atoms with Gasteiger partial charge in [-0.25, -0.2) is 0 Å². The minimum atomic E-state index is -0.502. The number of nitrogens with zero attached hydrogens (tertiary/aromatic N) is 1. The molecule has 4 heteroatoms. The molecule has 0 aliphatic rings. The van der Waals surface area contributed by atoms with Gasteiger partial charge in [-0.1, -0.05) is 44.2 Å². The number of hydrogen-bond donors (Lipinski definition) is 1. The third-order valence-corrected chi connectivity index (χ3v) is 3.70. The van der Waals surface area contributed by atoms with Crippen molar-refractivity contribution in [3.63, 3.8) is 0 Å². The first-order valence-electron chi connectivity index (χ1n) is 7.70. The fourth-order valence-corrected chi connectivity index (χ4v) is 2.41. The van der Waals surface area contributed by atoms with E-state index in [2.05, 4.69) is 13.8 Å². The van der Waals surface area contributed by atoms with Crippen molar-refractivity contribution in [2.24, 2.45) is 0 Å². The monoisotopic (exact) mass is 293 g/mol. The lowest BCUT2D eigenvalue weighted by molar-refractivity contribution is -0.146. The topological polar surface area (TPSA) is 49.8 Å². The third-order valence-electron chi connectivity index (χ3n) is 3.70. The highest BCUT2D eigenvalue weighted by molar-refractivity contribution is 5.80. The van der Waals surface area contributed by atoms with Crippen LogP contribution in [-0.4, -0.2) is 41.2 Å². The molecule has 1 N–H and O–H groups in total. The Balaban J connectivity index is 2.61. The van der Waals surface area contributed by atoms with E-state index < -0.39 is 6.10 Å². The Kier molecular flexibility index (Phi) is 8.01. The van der Waals surface area contributed by atoms with Crippen LogP contribution < -0.4 is 0 Å². The summed E-state index contributed by atoms with van der Waals surface area (Å²) in [7, 11) is 0. The molecule has 0 aliphatic heterocycles. The number of carbonyl (C=O) groups is 1. The highest BCUT2D eigenvalue weighted by Gasteiger charge is 2.25. The number of hydrogen-bond acceptors (Lipinski definition) is 3. The number of aliphatic hydroxyl groups is 1. The van der Waals surface area contributed by atoms with Crippen molar-refractivity contribution in [1.82, 2.24) is 4.90 Å². The summed E-state index contributed by atoms with van der Waals surface area (Å²) in [5, 5.41) is 9.18. The first-order chi connectivity index (χ1) is 10.1. The molecule has 1 atom stereocenters. The van der Waals surface area contributed by atoms with Gasteiger partial charge < -0.3 is 14.7 Å². The Labute approximate surface area is 127 Å². The Morgan fingerprint density at radius 3 is 2.38 bits per heavy atom. The van der Waals surface area contributed by atoms with Crippen molar-refractivity contribution >= 4 is 5.91 Å². The van der Waals surface area contributed by atoms with Gasteiger partial charge in [-0.05, 0) is 25.3 Å². The summed E-state index contributed by atoms with van der Waals surface area (Å²) in [5.41, 5.74) is 1.05. The third kappa shape index (κ3) is 5.48. The fraction of sp³-hybridized carbons (Fsp3) is 0.588. The molecule has 0 saturated carbocycles. The predicted molar refractivity (Wildman–Crippen MR) is 83.9 cm³/mol. The maximum absolute atomic E-state index is 12.5. The van der Waals surface area contributed by atoms with Crippen LogP contribution in [0.25, 0.3) is 0 Å². The van der Waals surface area contributed by atoms with Crippen molar-refractivity contribution < 1.29 is 14.6 Å². The van der Waals surface area contributed by atoms with E-state index in [1.807, 2.05) is 30.3 Å².